The highest BCUT2D eigenvalue weighted by molar-refractivity contribution is 6.33. The lowest BCUT2D eigenvalue weighted by Crippen LogP contribution is -2.49. The van der Waals surface area contributed by atoms with Gasteiger partial charge in [-0.05, 0) is 23.8 Å². The summed E-state index contributed by atoms with van der Waals surface area (Å²) in [6, 6.07) is 6.39. The molecule has 0 radical (unpaired) electrons. The molecular formula is C22H27ClF3N3O4. The third-order valence-electron chi connectivity index (χ3n) is 5.32. The zero-order chi connectivity index (χ0) is 24.0. The van der Waals surface area contributed by atoms with Crippen LogP contribution in [0.5, 0.6) is 11.5 Å². The second-order valence-corrected chi connectivity index (χ2v) is 8.08. The Morgan fingerprint density at radius 3 is 2.39 bits per heavy atom. The lowest BCUT2D eigenvalue weighted by atomic mass is 10.2. The molecule has 0 bridgehead atoms. The third kappa shape index (κ3) is 6.86. The topological polar surface area (TPSA) is 67.3 Å². The molecule has 182 valence electrons. The summed E-state index contributed by atoms with van der Waals surface area (Å²) in [6.07, 6.45) is -4.36. The van der Waals surface area contributed by atoms with Crippen LogP contribution in [0.3, 0.4) is 0 Å². The standard InChI is InChI=1S/C22H27ClF3N3O4/c1-31-19-4-3-15(9-20(19)32-2)13-33-14-17(30)12-28-5-7-29(8-6-28)21-18(23)10-16(11-27-21)22(24,25)26/h3-4,9-11,17,30H,5-8,12-14H2,1-2H3/t17-/m1/s1. The number of anilines is 1. The van der Waals surface area contributed by atoms with Gasteiger partial charge in [0.1, 0.15) is 5.82 Å². The number of aliphatic hydroxyl groups excluding tert-OH is 1. The first-order valence-corrected chi connectivity index (χ1v) is 10.8. The van der Waals surface area contributed by atoms with Crippen molar-refractivity contribution in [3.05, 3.63) is 46.6 Å². The zero-order valence-electron chi connectivity index (χ0n) is 18.4. The summed E-state index contributed by atoms with van der Waals surface area (Å²) in [5.74, 6) is 1.58. The van der Waals surface area contributed by atoms with Gasteiger partial charge in [-0.2, -0.15) is 13.2 Å². The molecule has 0 spiro atoms. The van der Waals surface area contributed by atoms with Crippen molar-refractivity contribution in [1.82, 2.24) is 9.88 Å². The molecule has 1 atom stereocenters. The maximum absolute atomic E-state index is 12.8. The van der Waals surface area contributed by atoms with Crippen molar-refractivity contribution in [3.8, 4) is 11.5 Å². The first kappa shape index (κ1) is 25.4. The summed E-state index contributed by atoms with van der Waals surface area (Å²) in [5.41, 5.74) is 0.0282. The number of hydrogen-bond acceptors (Lipinski definition) is 7. The minimum Gasteiger partial charge on any atom is -0.493 e. The summed E-state index contributed by atoms with van der Waals surface area (Å²) < 4.78 is 54.5. The van der Waals surface area contributed by atoms with E-state index >= 15 is 0 Å². The fraction of sp³-hybridized carbons (Fsp3) is 0.500. The average molecular weight is 490 g/mol. The van der Waals surface area contributed by atoms with E-state index in [-0.39, 0.29) is 11.6 Å². The van der Waals surface area contributed by atoms with Crippen LogP contribution in [0.2, 0.25) is 5.02 Å². The van der Waals surface area contributed by atoms with Gasteiger partial charge in [0.15, 0.2) is 11.5 Å². The molecule has 1 saturated heterocycles. The van der Waals surface area contributed by atoms with Crippen LogP contribution >= 0.6 is 11.6 Å². The normalized spacial score (nSPS) is 16.0. The van der Waals surface area contributed by atoms with Gasteiger partial charge in [-0.25, -0.2) is 4.98 Å². The molecule has 2 heterocycles. The molecule has 7 nitrogen and oxygen atoms in total. The van der Waals surface area contributed by atoms with Gasteiger partial charge >= 0.3 is 6.18 Å². The molecule has 1 N–H and O–H groups in total. The van der Waals surface area contributed by atoms with E-state index in [0.717, 1.165) is 17.8 Å². The molecule has 0 saturated carbocycles. The largest absolute Gasteiger partial charge is 0.493 e. The molecule has 3 rings (SSSR count). The van der Waals surface area contributed by atoms with Crippen molar-refractivity contribution in [2.45, 2.75) is 18.9 Å². The van der Waals surface area contributed by atoms with Crippen LogP contribution in [0.4, 0.5) is 19.0 Å². The molecule has 2 aromatic rings. The van der Waals surface area contributed by atoms with Crippen molar-refractivity contribution in [3.63, 3.8) is 0 Å². The minimum atomic E-state index is -4.48. The van der Waals surface area contributed by atoms with Gasteiger partial charge in [0.05, 0.1) is 44.1 Å². The Kier molecular flexibility index (Phi) is 8.63. The first-order chi connectivity index (χ1) is 15.7. The van der Waals surface area contributed by atoms with Crippen LogP contribution in [0.25, 0.3) is 0 Å². The van der Waals surface area contributed by atoms with Crippen LogP contribution in [0.1, 0.15) is 11.1 Å². The van der Waals surface area contributed by atoms with Crippen LogP contribution in [0.15, 0.2) is 30.5 Å². The molecular weight excluding hydrogens is 463 g/mol. The highest BCUT2D eigenvalue weighted by atomic mass is 35.5. The number of pyridine rings is 1. The Morgan fingerprint density at radius 2 is 1.79 bits per heavy atom. The Morgan fingerprint density at radius 1 is 1.09 bits per heavy atom. The smallest absolute Gasteiger partial charge is 0.417 e. The fourth-order valence-corrected chi connectivity index (χ4v) is 3.88. The van der Waals surface area contributed by atoms with Crippen molar-refractivity contribution >= 4 is 17.4 Å². The molecule has 1 aliphatic rings. The van der Waals surface area contributed by atoms with Gasteiger partial charge in [0.2, 0.25) is 0 Å². The molecule has 0 unspecified atom stereocenters. The van der Waals surface area contributed by atoms with Crippen LogP contribution in [0, 0.1) is 0 Å². The van der Waals surface area contributed by atoms with Gasteiger partial charge in [0.25, 0.3) is 0 Å². The van der Waals surface area contributed by atoms with Gasteiger partial charge in [0, 0.05) is 38.9 Å². The number of benzene rings is 1. The van der Waals surface area contributed by atoms with Gasteiger partial charge in [-0.15, -0.1) is 0 Å². The van der Waals surface area contributed by atoms with E-state index < -0.39 is 17.8 Å². The number of β-amino-alcohol motifs (C(OH)–C–C–N with tert-alkyl or cyclic N) is 1. The van der Waals surface area contributed by atoms with Gasteiger partial charge in [-0.3, -0.25) is 4.90 Å². The summed E-state index contributed by atoms with van der Waals surface area (Å²) in [6.45, 7) is 3.23. The molecule has 1 fully saturated rings. The minimum absolute atomic E-state index is 0.0260. The van der Waals surface area contributed by atoms with E-state index in [0.29, 0.717) is 56.6 Å². The van der Waals surface area contributed by atoms with Crippen molar-refractivity contribution < 1.29 is 32.5 Å². The fourth-order valence-electron chi connectivity index (χ4n) is 3.59. The number of aromatic nitrogens is 1. The summed E-state index contributed by atoms with van der Waals surface area (Å²) in [4.78, 5) is 7.83. The Labute approximate surface area is 195 Å². The molecule has 33 heavy (non-hydrogen) atoms. The van der Waals surface area contributed by atoms with E-state index in [1.807, 2.05) is 17.0 Å². The van der Waals surface area contributed by atoms with E-state index in [2.05, 4.69) is 9.88 Å². The monoisotopic (exact) mass is 489 g/mol. The van der Waals surface area contributed by atoms with Crippen LogP contribution in [-0.4, -0.2) is 74.6 Å². The number of aliphatic hydroxyl groups is 1. The van der Waals surface area contributed by atoms with Crippen molar-refractivity contribution in [1.29, 1.82) is 0 Å². The number of ether oxygens (including phenoxy) is 3. The number of halogens is 4. The summed E-state index contributed by atoms with van der Waals surface area (Å²) >= 11 is 6.04. The van der Waals surface area contributed by atoms with E-state index in [1.54, 1.807) is 20.3 Å². The summed E-state index contributed by atoms with van der Waals surface area (Å²) in [7, 11) is 3.13. The number of alkyl halides is 3. The molecule has 0 aliphatic carbocycles. The molecule has 0 amide bonds. The average Bonchev–Trinajstić information content (AvgIpc) is 2.79. The Hall–Kier alpha value is -2.27. The first-order valence-electron chi connectivity index (χ1n) is 10.4. The highest BCUT2D eigenvalue weighted by Gasteiger charge is 2.32. The molecule has 1 aromatic heterocycles. The van der Waals surface area contributed by atoms with E-state index in [9.17, 15) is 18.3 Å². The third-order valence-corrected chi connectivity index (χ3v) is 5.59. The number of hydrogen-bond donors (Lipinski definition) is 1. The van der Waals surface area contributed by atoms with Crippen molar-refractivity contribution in [2.75, 3.05) is 58.5 Å². The number of piperazine rings is 1. The summed E-state index contributed by atoms with van der Waals surface area (Å²) in [5, 5.41) is 10.3. The predicted molar refractivity (Wildman–Crippen MR) is 118 cm³/mol. The molecule has 1 aliphatic heterocycles. The van der Waals surface area contributed by atoms with Crippen LogP contribution in [-0.2, 0) is 17.5 Å². The number of rotatable bonds is 9. The second-order valence-electron chi connectivity index (χ2n) is 7.67. The maximum atomic E-state index is 12.8. The zero-order valence-corrected chi connectivity index (χ0v) is 19.2. The van der Waals surface area contributed by atoms with Gasteiger partial charge in [-0.1, -0.05) is 17.7 Å². The lowest BCUT2D eigenvalue weighted by Gasteiger charge is -2.36. The number of methoxy groups -OCH3 is 2. The van der Waals surface area contributed by atoms with E-state index in [1.165, 1.54) is 0 Å². The van der Waals surface area contributed by atoms with E-state index in [4.69, 9.17) is 25.8 Å². The maximum Gasteiger partial charge on any atom is 0.417 e. The molecule has 11 heteroatoms. The highest BCUT2D eigenvalue weighted by Crippen LogP contribution is 2.33. The quantitative estimate of drug-likeness (QED) is 0.578. The lowest BCUT2D eigenvalue weighted by molar-refractivity contribution is -0.137. The predicted octanol–water partition coefficient (Wildman–Crippen LogP) is 3.47. The number of nitrogens with zero attached hydrogens (tertiary/aromatic N) is 3. The van der Waals surface area contributed by atoms with Crippen LogP contribution < -0.4 is 14.4 Å². The molecule has 1 aromatic carbocycles. The SMILES string of the molecule is COc1ccc(COC[C@H](O)CN2CCN(c3ncc(C(F)(F)F)cc3Cl)CC2)cc1OC. The van der Waals surface area contributed by atoms with Gasteiger partial charge < -0.3 is 24.2 Å². The van der Waals surface area contributed by atoms with Crippen molar-refractivity contribution in [2.24, 2.45) is 0 Å². The second kappa shape index (κ2) is 11.2. The Balaban J connectivity index is 1.43. The Bertz CT molecular complexity index is 924.